The first-order valence-electron chi connectivity index (χ1n) is 6.49. The van der Waals surface area contributed by atoms with Crippen molar-refractivity contribution in [2.45, 2.75) is 12.6 Å². The summed E-state index contributed by atoms with van der Waals surface area (Å²) in [6, 6.07) is 14.6. The van der Waals surface area contributed by atoms with Crippen LogP contribution in [0.3, 0.4) is 0 Å². The highest BCUT2D eigenvalue weighted by Gasteiger charge is 2.17. The lowest BCUT2D eigenvalue weighted by molar-refractivity contribution is -0.118. The van der Waals surface area contributed by atoms with Gasteiger partial charge in [0.25, 0.3) is 0 Å². The third-order valence-electron chi connectivity index (χ3n) is 3.04. The molecule has 0 aliphatic heterocycles. The van der Waals surface area contributed by atoms with Gasteiger partial charge in [-0.1, -0.05) is 40.2 Å². The minimum Gasteiger partial charge on any atom is -0.380 e. The van der Waals surface area contributed by atoms with E-state index in [1.165, 1.54) is 0 Å². The summed E-state index contributed by atoms with van der Waals surface area (Å²) in [4.78, 5) is 11.8. The quantitative estimate of drug-likeness (QED) is 0.842. The molecule has 5 heteroatoms. The predicted octanol–water partition coefficient (Wildman–Crippen LogP) is 3.23. The lowest BCUT2D eigenvalue weighted by Crippen LogP contribution is -2.27. The minimum atomic E-state index is -0.581. The zero-order valence-corrected chi connectivity index (χ0v) is 13.3. The summed E-state index contributed by atoms with van der Waals surface area (Å²) in [5.74, 6) is -0.424. The van der Waals surface area contributed by atoms with Crippen LogP contribution in [-0.2, 0) is 16.1 Å². The van der Waals surface area contributed by atoms with Crippen LogP contribution >= 0.6 is 15.9 Å². The first-order valence-corrected chi connectivity index (χ1v) is 7.28. The number of benzene rings is 2. The van der Waals surface area contributed by atoms with E-state index in [0.717, 1.165) is 21.3 Å². The number of carbonyl (C=O) groups is 1. The maximum Gasteiger partial charge on any atom is 0.244 e. The van der Waals surface area contributed by atoms with Gasteiger partial charge in [-0.15, -0.1) is 0 Å². The van der Waals surface area contributed by atoms with Gasteiger partial charge in [0, 0.05) is 17.3 Å². The van der Waals surface area contributed by atoms with Crippen molar-refractivity contribution in [1.82, 2.24) is 0 Å². The second-order valence-corrected chi connectivity index (χ2v) is 5.58. The van der Waals surface area contributed by atoms with E-state index in [0.29, 0.717) is 6.61 Å². The molecule has 0 aliphatic rings. The zero-order chi connectivity index (χ0) is 15.2. The molecule has 0 saturated carbocycles. The predicted molar refractivity (Wildman–Crippen MR) is 86.9 cm³/mol. The first kappa shape index (κ1) is 15.5. The summed E-state index contributed by atoms with van der Waals surface area (Å²) in [7, 11) is 1.64. The molecule has 0 aliphatic carbocycles. The van der Waals surface area contributed by atoms with E-state index in [1.54, 1.807) is 7.11 Å². The van der Waals surface area contributed by atoms with Gasteiger partial charge in [-0.05, 0) is 35.4 Å². The lowest BCUT2D eigenvalue weighted by Gasteiger charge is -2.18. The molecule has 0 radical (unpaired) electrons. The molecule has 0 bridgehead atoms. The number of ether oxygens (including phenoxy) is 1. The number of carbonyl (C=O) groups excluding carboxylic acids is 1. The van der Waals surface area contributed by atoms with E-state index in [9.17, 15) is 4.79 Å². The average molecular weight is 349 g/mol. The lowest BCUT2D eigenvalue weighted by atomic mass is 10.0. The Morgan fingerprint density at radius 1 is 1.29 bits per heavy atom. The number of amides is 1. The summed E-state index contributed by atoms with van der Waals surface area (Å²) < 4.78 is 6.09. The highest BCUT2D eigenvalue weighted by molar-refractivity contribution is 9.10. The van der Waals surface area contributed by atoms with Gasteiger partial charge >= 0.3 is 0 Å². The van der Waals surface area contributed by atoms with Gasteiger partial charge in [0.2, 0.25) is 5.91 Å². The molecular weight excluding hydrogens is 332 g/mol. The number of methoxy groups -OCH3 is 1. The van der Waals surface area contributed by atoms with Crippen LogP contribution in [0, 0.1) is 0 Å². The Labute approximate surface area is 132 Å². The Hall–Kier alpha value is -1.85. The van der Waals surface area contributed by atoms with Gasteiger partial charge in [0.1, 0.15) is 6.04 Å². The monoisotopic (exact) mass is 348 g/mol. The van der Waals surface area contributed by atoms with Crippen LogP contribution in [-0.4, -0.2) is 13.0 Å². The van der Waals surface area contributed by atoms with Gasteiger partial charge in [0.05, 0.1) is 6.61 Å². The van der Waals surface area contributed by atoms with Gasteiger partial charge in [-0.25, -0.2) is 0 Å². The van der Waals surface area contributed by atoms with E-state index in [1.807, 2.05) is 48.5 Å². The normalized spacial score (nSPS) is 11.9. The molecule has 0 aromatic heterocycles. The third-order valence-corrected chi connectivity index (χ3v) is 3.56. The van der Waals surface area contributed by atoms with Crippen molar-refractivity contribution in [2.24, 2.45) is 5.73 Å². The second-order valence-electron chi connectivity index (χ2n) is 4.66. The highest BCUT2D eigenvalue weighted by atomic mass is 79.9. The van der Waals surface area contributed by atoms with Crippen molar-refractivity contribution in [3.8, 4) is 0 Å². The Balaban J connectivity index is 2.24. The van der Waals surface area contributed by atoms with E-state index in [-0.39, 0.29) is 0 Å². The fourth-order valence-electron chi connectivity index (χ4n) is 2.06. The van der Waals surface area contributed by atoms with Gasteiger partial charge in [0.15, 0.2) is 0 Å². The molecular formula is C16H17BrN2O2. The maximum absolute atomic E-state index is 11.8. The van der Waals surface area contributed by atoms with E-state index >= 15 is 0 Å². The Morgan fingerprint density at radius 3 is 2.62 bits per heavy atom. The SMILES string of the molecule is COCc1cccc(C(Nc2ccc(Br)cc2)C(N)=O)c1. The Bertz CT molecular complexity index is 614. The number of nitrogens with two attached hydrogens (primary N) is 1. The van der Waals surface area contributed by atoms with Crippen LogP contribution in [0.1, 0.15) is 17.2 Å². The molecule has 4 nitrogen and oxygen atoms in total. The van der Waals surface area contributed by atoms with Gasteiger partial charge in [-0.2, -0.15) is 0 Å². The molecule has 3 N–H and O–H groups in total. The highest BCUT2D eigenvalue weighted by Crippen LogP contribution is 2.22. The molecule has 0 heterocycles. The first-order chi connectivity index (χ1) is 10.1. The number of hydrogen-bond acceptors (Lipinski definition) is 3. The summed E-state index contributed by atoms with van der Waals surface area (Å²) in [5, 5.41) is 3.16. The molecule has 2 rings (SSSR count). The standard InChI is InChI=1S/C16H17BrN2O2/c1-21-10-11-3-2-4-12(9-11)15(16(18)20)19-14-7-5-13(17)6-8-14/h2-9,15,19H,10H2,1H3,(H2,18,20). The average Bonchev–Trinajstić information content (AvgIpc) is 2.47. The summed E-state index contributed by atoms with van der Waals surface area (Å²) >= 11 is 3.38. The summed E-state index contributed by atoms with van der Waals surface area (Å²) in [5.41, 5.74) is 8.18. The molecule has 0 fully saturated rings. The molecule has 0 saturated heterocycles. The molecule has 110 valence electrons. The van der Waals surface area contributed by atoms with Crippen LogP contribution in [0.4, 0.5) is 5.69 Å². The van der Waals surface area contributed by atoms with Crippen molar-refractivity contribution in [1.29, 1.82) is 0 Å². The van der Waals surface area contributed by atoms with Gasteiger partial charge < -0.3 is 15.8 Å². The van der Waals surface area contributed by atoms with E-state index < -0.39 is 11.9 Å². The van der Waals surface area contributed by atoms with Crippen LogP contribution in [0.15, 0.2) is 53.0 Å². The number of hydrogen-bond donors (Lipinski definition) is 2. The van der Waals surface area contributed by atoms with E-state index in [2.05, 4.69) is 21.2 Å². The zero-order valence-electron chi connectivity index (χ0n) is 11.7. The van der Waals surface area contributed by atoms with Crippen LogP contribution in [0.25, 0.3) is 0 Å². The number of rotatable bonds is 6. The van der Waals surface area contributed by atoms with Crippen LogP contribution < -0.4 is 11.1 Å². The molecule has 1 amide bonds. The number of nitrogens with one attached hydrogen (secondary N) is 1. The minimum absolute atomic E-state index is 0.424. The molecule has 2 aromatic carbocycles. The Kier molecular flexibility index (Phi) is 5.36. The van der Waals surface area contributed by atoms with Crippen molar-refractivity contribution >= 4 is 27.5 Å². The molecule has 1 unspecified atom stereocenters. The van der Waals surface area contributed by atoms with Gasteiger partial charge in [-0.3, -0.25) is 4.79 Å². The molecule has 1 atom stereocenters. The maximum atomic E-state index is 11.8. The smallest absolute Gasteiger partial charge is 0.244 e. The summed E-state index contributed by atoms with van der Waals surface area (Å²) in [6.45, 7) is 0.498. The number of anilines is 1. The molecule has 21 heavy (non-hydrogen) atoms. The largest absolute Gasteiger partial charge is 0.380 e. The molecule has 0 spiro atoms. The third kappa shape index (κ3) is 4.31. The van der Waals surface area contributed by atoms with Crippen molar-refractivity contribution < 1.29 is 9.53 Å². The summed E-state index contributed by atoms with van der Waals surface area (Å²) in [6.07, 6.45) is 0. The van der Waals surface area contributed by atoms with Crippen molar-refractivity contribution in [2.75, 3.05) is 12.4 Å². The van der Waals surface area contributed by atoms with Crippen molar-refractivity contribution in [3.63, 3.8) is 0 Å². The number of primary amides is 1. The van der Waals surface area contributed by atoms with Crippen molar-refractivity contribution in [3.05, 3.63) is 64.1 Å². The van der Waals surface area contributed by atoms with Crippen LogP contribution in [0.2, 0.25) is 0 Å². The fraction of sp³-hybridized carbons (Fsp3) is 0.188. The number of halogens is 1. The Morgan fingerprint density at radius 2 is 2.00 bits per heavy atom. The molecule has 2 aromatic rings. The fourth-order valence-corrected chi connectivity index (χ4v) is 2.32. The topological polar surface area (TPSA) is 64.3 Å². The van der Waals surface area contributed by atoms with Crippen LogP contribution in [0.5, 0.6) is 0 Å². The van der Waals surface area contributed by atoms with E-state index in [4.69, 9.17) is 10.5 Å². The second kappa shape index (κ2) is 7.24.